The molecule has 0 saturated carbocycles. The molecule has 2 aromatic carbocycles. The van der Waals surface area contributed by atoms with Crippen molar-refractivity contribution < 1.29 is 33.3 Å². The minimum Gasteiger partial charge on any atom is -0.462 e. The summed E-state index contributed by atoms with van der Waals surface area (Å²) in [4.78, 5) is 37.8. The summed E-state index contributed by atoms with van der Waals surface area (Å²) in [5.74, 6) is -0.212. The number of benzene rings is 2. The Hall–Kier alpha value is -4.14. The van der Waals surface area contributed by atoms with Crippen molar-refractivity contribution in [3.05, 3.63) is 82.9 Å². The van der Waals surface area contributed by atoms with Crippen LogP contribution in [0.3, 0.4) is 0 Å². The molecular weight excluding hydrogens is 592 g/mol. The second kappa shape index (κ2) is 13.2. The van der Waals surface area contributed by atoms with Crippen molar-refractivity contribution >= 4 is 40.6 Å². The molecule has 14 heteroatoms. The highest BCUT2D eigenvalue weighted by Gasteiger charge is 2.54. The number of nitrogens with one attached hydrogen (secondary N) is 2. The monoisotopic (exact) mass is 622 g/mol. The molecule has 13 nitrogen and oxygen atoms in total. The minimum atomic E-state index is -0.685. The lowest BCUT2D eigenvalue weighted by Gasteiger charge is -2.21. The molecule has 44 heavy (non-hydrogen) atoms. The number of ether oxygens (including phenoxy) is 5. The summed E-state index contributed by atoms with van der Waals surface area (Å²) in [5, 5.41) is 5.77. The second-order valence-electron chi connectivity index (χ2n) is 10.0. The Morgan fingerprint density at radius 2 is 1.82 bits per heavy atom. The first kappa shape index (κ1) is 29.9. The molecular formula is C30H31ClN6O7. The van der Waals surface area contributed by atoms with Gasteiger partial charge in [0.2, 0.25) is 0 Å². The van der Waals surface area contributed by atoms with Gasteiger partial charge in [-0.3, -0.25) is 9.88 Å². The Morgan fingerprint density at radius 1 is 1.00 bits per heavy atom. The topological polar surface area (TPSA) is 148 Å². The first-order valence-electron chi connectivity index (χ1n) is 14.2. The predicted molar refractivity (Wildman–Crippen MR) is 158 cm³/mol. The van der Waals surface area contributed by atoms with Gasteiger partial charge in [-0.1, -0.05) is 48.0 Å². The SMILES string of the molecule is CCNC(=O)Nc1ncnc2c1ncn2C1OC(COCc2c(Cl)cccc2C(=O)OCC)C2O[C@H](c3ccccc3)OC21. The molecule has 0 aliphatic carbocycles. The van der Waals surface area contributed by atoms with E-state index in [4.69, 9.17) is 35.3 Å². The number of esters is 1. The Balaban J connectivity index is 1.25. The van der Waals surface area contributed by atoms with Crippen LogP contribution in [0.4, 0.5) is 10.6 Å². The van der Waals surface area contributed by atoms with Gasteiger partial charge in [0, 0.05) is 22.7 Å². The molecule has 2 fully saturated rings. The van der Waals surface area contributed by atoms with Crippen LogP contribution in [0.25, 0.3) is 11.2 Å². The van der Waals surface area contributed by atoms with Crippen molar-refractivity contribution in [2.24, 2.45) is 0 Å². The standard InChI is InChI=1S/C30H31ClN6O7/c1-3-32-30(39)36-25-22-26(34-15-33-25)37(16-35-22)27-24-23(43-29(44-24)17-9-6-5-7-10-17)21(42-27)14-40-13-19-18(28(38)41-4-2)11-8-12-20(19)31/h5-12,15-16,21,23-24,27,29H,3-4,13-14H2,1-2H3,(H2,32,33,34,36,39)/t21?,23?,24?,27?,29-/m0/s1. The van der Waals surface area contributed by atoms with E-state index in [1.807, 2.05) is 37.3 Å². The van der Waals surface area contributed by atoms with Crippen LogP contribution in [-0.2, 0) is 30.3 Å². The van der Waals surface area contributed by atoms with Gasteiger partial charge in [-0.2, -0.15) is 0 Å². The number of hydrogen-bond acceptors (Lipinski definition) is 10. The number of hydrogen-bond donors (Lipinski definition) is 2. The van der Waals surface area contributed by atoms with E-state index >= 15 is 0 Å². The van der Waals surface area contributed by atoms with Crippen LogP contribution in [0.15, 0.2) is 61.2 Å². The number of imidazole rings is 1. The van der Waals surface area contributed by atoms with Crippen molar-refractivity contribution in [1.82, 2.24) is 24.8 Å². The second-order valence-corrected chi connectivity index (χ2v) is 10.4. The third kappa shape index (κ3) is 5.97. The molecule has 0 spiro atoms. The third-order valence-corrected chi connectivity index (χ3v) is 7.62. The summed E-state index contributed by atoms with van der Waals surface area (Å²) < 4.78 is 32.3. The maximum Gasteiger partial charge on any atom is 0.338 e. The third-order valence-electron chi connectivity index (χ3n) is 7.26. The van der Waals surface area contributed by atoms with E-state index in [0.29, 0.717) is 33.9 Å². The van der Waals surface area contributed by atoms with Gasteiger partial charge in [0.1, 0.15) is 24.6 Å². The molecule has 2 saturated heterocycles. The number of amides is 2. The van der Waals surface area contributed by atoms with E-state index in [0.717, 1.165) is 5.56 Å². The van der Waals surface area contributed by atoms with Crippen LogP contribution in [0.5, 0.6) is 0 Å². The van der Waals surface area contributed by atoms with Crippen molar-refractivity contribution in [1.29, 1.82) is 0 Å². The number of halogens is 1. The lowest BCUT2D eigenvalue weighted by molar-refractivity contribution is -0.158. The zero-order valence-electron chi connectivity index (χ0n) is 24.0. The minimum absolute atomic E-state index is 0.0504. The van der Waals surface area contributed by atoms with E-state index < -0.39 is 42.8 Å². The van der Waals surface area contributed by atoms with E-state index in [1.165, 1.54) is 6.33 Å². The van der Waals surface area contributed by atoms with Gasteiger partial charge < -0.3 is 29.0 Å². The molecule has 4 aromatic rings. The van der Waals surface area contributed by atoms with Crippen LogP contribution in [0.1, 0.15) is 47.9 Å². The molecule has 2 aliphatic rings. The van der Waals surface area contributed by atoms with Crippen LogP contribution < -0.4 is 10.6 Å². The zero-order chi connectivity index (χ0) is 30.6. The molecule has 2 amide bonds. The van der Waals surface area contributed by atoms with E-state index in [9.17, 15) is 9.59 Å². The summed E-state index contributed by atoms with van der Waals surface area (Å²) in [6.07, 6.45) is -0.00199. The largest absolute Gasteiger partial charge is 0.462 e. The number of anilines is 1. The fourth-order valence-electron chi connectivity index (χ4n) is 5.28. The van der Waals surface area contributed by atoms with Gasteiger partial charge in [-0.15, -0.1) is 0 Å². The average molecular weight is 623 g/mol. The molecule has 4 heterocycles. The molecule has 4 unspecified atom stereocenters. The summed E-state index contributed by atoms with van der Waals surface area (Å²) in [6, 6.07) is 14.3. The summed E-state index contributed by atoms with van der Waals surface area (Å²) in [7, 11) is 0. The number of fused-ring (bicyclic) bond motifs is 2. The van der Waals surface area contributed by atoms with Gasteiger partial charge in [-0.05, 0) is 26.0 Å². The number of carbonyl (C=O) groups is 2. The molecule has 0 bridgehead atoms. The Morgan fingerprint density at radius 3 is 2.61 bits per heavy atom. The summed E-state index contributed by atoms with van der Waals surface area (Å²) in [6.45, 7) is 4.42. The predicted octanol–water partition coefficient (Wildman–Crippen LogP) is 4.39. The van der Waals surface area contributed by atoms with Crippen molar-refractivity contribution in [2.45, 2.75) is 51.3 Å². The smallest absolute Gasteiger partial charge is 0.338 e. The van der Waals surface area contributed by atoms with Gasteiger partial charge in [-0.25, -0.2) is 24.5 Å². The van der Waals surface area contributed by atoms with E-state index in [1.54, 1.807) is 36.0 Å². The molecule has 2 aromatic heterocycles. The molecule has 230 valence electrons. The van der Waals surface area contributed by atoms with E-state index in [-0.39, 0.29) is 25.6 Å². The molecule has 5 atom stereocenters. The van der Waals surface area contributed by atoms with Crippen LogP contribution in [0.2, 0.25) is 5.02 Å². The van der Waals surface area contributed by atoms with Gasteiger partial charge in [0.05, 0.1) is 31.7 Å². The van der Waals surface area contributed by atoms with Crippen molar-refractivity contribution in [3.8, 4) is 0 Å². The fourth-order valence-corrected chi connectivity index (χ4v) is 5.51. The zero-order valence-corrected chi connectivity index (χ0v) is 24.8. The average Bonchev–Trinajstić information content (AvgIpc) is 3.74. The van der Waals surface area contributed by atoms with Crippen LogP contribution in [0, 0.1) is 0 Å². The molecule has 6 rings (SSSR count). The normalized spacial score (nSPS) is 22.6. The highest BCUT2D eigenvalue weighted by Crippen LogP contribution is 2.45. The summed E-state index contributed by atoms with van der Waals surface area (Å²) >= 11 is 6.44. The summed E-state index contributed by atoms with van der Waals surface area (Å²) in [5.41, 5.74) is 2.56. The van der Waals surface area contributed by atoms with Gasteiger partial charge in [0.25, 0.3) is 0 Å². The Kier molecular flexibility index (Phi) is 9.00. The molecule has 0 radical (unpaired) electrons. The molecule has 2 N–H and O–H groups in total. The first-order chi connectivity index (χ1) is 21.5. The first-order valence-corrected chi connectivity index (χ1v) is 14.6. The quantitative estimate of drug-likeness (QED) is 0.244. The maximum absolute atomic E-state index is 12.5. The maximum atomic E-state index is 12.5. The van der Waals surface area contributed by atoms with E-state index in [2.05, 4.69) is 25.6 Å². The van der Waals surface area contributed by atoms with Gasteiger partial charge >= 0.3 is 12.0 Å². The van der Waals surface area contributed by atoms with Crippen LogP contribution in [-0.4, -0.2) is 69.6 Å². The number of carbonyl (C=O) groups excluding carboxylic acids is 2. The lowest BCUT2D eigenvalue weighted by atomic mass is 10.1. The Bertz CT molecular complexity index is 1640. The van der Waals surface area contributed by atoms with Gasteiger partial charge in [0.15, 0.2) is 29.5 Å². The number of rotatable bonds is 10. The number of aromatic nitrogens is 4. The number of nitrogens with zero attached hydrogens (tertiary/aromatic N) is 4. The van der Waals surface area contributed by atoms with Crippen molar-refractivity contribution in [3.63, 3.8) is 0 Å². The Labute approximate surface area is 257 Å². The fraction of sp³-hybridized carbons (Fsp3) is 0.367. The number of urea groups is 1. The highest BCUT2D eigenvalue weighted by molar-refractivity contribution is 6.31. The van der Waals surface area contributed by atoms with Crippen LogP contribution >= 0.6 is 11.6 Å². The highest BCUT2D eigenvalue weighted by atomic mass is 35.5. The lowest BCUT2D eigenvalue weighted by Crippen LogP contribution is -2.31. The molecule has 2 aliphatic heterocycles. The van der Waals surface area contributed by atoms with Crippen molar-refractivity contribution in [2.75, 3.05) is 25.1 Å².